The van der Waals surface area contributed by atoms with E-state index in [0.717, 1.165) is 29.7 Å². The van der Waals surface area contributed by atoms with Crippen molar-refractivity contribution in [3.63, 3.8) is 0 Å². The van der Waals surface area contributed by atoms with Crippen molar-refractivity contribution < 1.29 is 4.74 Å². The number of hydrogen-bond donors (Lipinski definition) is 0. The lowest BCUT2D eigenvalue weighted by Crippen LogP contribution is -1.98. The quantitative estimate of drug-likeness (QED) is 0.511. The second-order valence-electron chi connectivity index (χ2n) is 3.90. The summed E-state index contributed by atoms with van der Waals surface area (Å²) in [5.74, 6) is 0.984. The Bertz CT molecular complexity index is 334. The van der Waals surface area contributed by atoms with E-state index in [2.05, 4.69) is 35.5 Å². The summed E-state index contributed by atoms with van der Waals surface area (Å²) < 4.78 is 6.81. The van der Waals surface area contributed by atoms with Gasteiger partial charge in [-0.15, -0.1) is 6.58 Å². The van der Waals surface area contributed by atoms with E-state index < -0.39 is 0 Å². The standard InChI is InChI=1S/C14H19BrO/c1-3-4-5-6-7-10-16-14-11-13(15)9-8-12(14)2/h3,8-9,11H,1,4-7,10H2,2H3. The minimum atomic E-state index is 0.800. The molecule has 0 saturated heterocycles. The summed E-state index contributed by atoms with van der Waals surface area (Å²) in [6.07, 6.45) is 6.61. The van der Waals surface area contributed by atoms with Gasteiger partial charge in [0.1, 0.15) is 5.75 Å². The van der Waals surface area contributed by atoms with Crippen molar-refractivity contribution in [1.82, 2.24) is 0 Å². The lowest BCUT2D eigenvalue weighted by atomic mass is 10.2. The van der Waals surface area contributed by atoms with E-state index in [4.69, 9.17) is 4.74 Å². The molecule has 0 amide bonds. The Kier molecular flexibility index (Phi) is 6.24. The molecule has 0 atom stereocenters. The molecule has 1 nitrogen and oxygen atoms in total. The molecule has 1 aromatic carbocycles. The number of unbranched alkanes of at least 4 members (excludes halogenated alkanes) is 3. The predicted molar refractivity (Wildman–Crippen MR) is 73.0 cm³/mol. The van der Waals surface area contributed by atoms with Crippen LogP contribution >= 0.6 is 15.9 Å². The molecule has 0 aliphatic rings. The molecule has 0 unspecified atom stereocenters. The molecular weight excluding hydrogens is 264 g/mol. The van der Waals surface area contributed by atoms with Gasteiger partial charge in [-0.25, -0.2) is 0 Å². The first-order valence-electron chi connectivity index (χ1n) is 5.74. The van der Waals surface area contributed by atoms with Crippen molar-refractivity contribution in [2.24, 2.45) is 0 Å². The zero-order valence-electron chi connectivity index (χ0n) is 9.84. The highest BCUT2D eigenvalue weighted by Crippen LogP contribution is 2.23. The molecule has 16 heavy (non-hydrogen) atoms. The van der Waals surface area contributed by atoms with Crippen LogP contribution in [0.25, 0.3) is 0 Å². The molecule has 0 N–H and O–H groups in total. The van der Waals surface area contributed by atoms with Gasteiger partial charge in [-0.3, -0.25) is 0 Å². The van der Waals surface area contributed by atoms with Crippen LogP contribution in [0, 0.1) is 6.92 Å². The minimum Gasteiger partial charge on any atom is -0.493 e. The van der Waals surface area contributed by atoms with E-state index in [9.17, 15) is 0 Å². The third kappa shape index (κ3) is 4.84. The normalized spacial score (nSPS) is 10.1. The molecule has 0 spiro atoms. The number of benzene rings is 1. The Balaban J connectivity index is 2.26. The molecular formula is C14H19BrO. The fraction of sp³-hybridized carbons (Fsp3) is 0.429. The van der Waals surface area contributed by atoms with Gasteiger partial charge in [0.25, 0.3) is 0 Å². The fourth-order valence-electron chi connectivity index (χ4n) is 1.48. The topological polar surface area (TPSA) is 9.23 Å². The average molecular weight is 283 g/mol. The highest BCUT2D eigenvalue weighted by atomic mass is 79.9. The van der Waals surface area contributed by atoms with Crippen molar-refractivity contribution in [3.05, 3.63) is 40.9 Å². The number of ether oxygens (including phenoxy) is 1. The lowest BCUT2D eigenvalue weighted by molar-refractivity contribution is 0.303. The van der Waals surface area contributed by atoms with E-state index in [0.29, 0.717) is 0 Å². The molecule has 0 aliphatic heterocycles. The van der Waals surface area contributed by atoms with Crippen molar-refractivity contribution >= 4 is 15.9 Å². The summed E-state index contributed by atoms with van der Waals surface area (Å²) in [5.41, 5.74) is 1.19. The summed E-state index contributed by atoms with van der Waals surface area (Å²) >= 11 is 3.45. The molecule has 1 aromatic rings. The van der Waals surface area contributed by atoms with Gasteiger partial charge in [-0.05, 0) is 50.3 Å². The maximum atomic E-state index is 5.74. The number of halogens is 1. The maximum Gasteiger partial charge on any atom is 0.123 e. The van der Waals surface area contributed by atoms with Gasteiger partial charge in [0.2, 0.25) is 0 Å². The van der Waals surface area contributed by atoms with Crippen LogP contribution in [0.5, 0.6) is 5.75 Å². The first-order chi connectivity index (χ1) is 7.74. The summed E-state index contributed by atoms with van der Waals surface area (Å²) in [4.78, 5) is 0. The van der Waals surface area contributed by atoms with Crippen LogP contribution in [0.1, 0.15) is 31.2 Å². The van der Waals surface area contributed by atoms with E-state index in [1.807, 2.05) is 18.2 Å². The molecule has 0 radical (unpaired) electrons. The van der Waals surface area contributed by atoms with E-state index in [1.54, 1.807) is 0 Å². The van der Waals surface area contributed by atoms with E-state index in [-0.39, 0.29) is 0 Å². The Morgan fingerprint density at radius 2 is 2.12 bits per heavy atom. The highest BCUT2D eigenvalue weighted by Gasteiger charge is 1.99. The van der Waals surface area contributed by atoms with Crippen molar-refractivity contribution in [2.45, 2.75) is 32.6 Å². The summed E-state index contributed by atoms with van der Waals surface area (Å²) in [7, 11) is 0. The number of allylic oxidation sites excluding steroid dienone is 1. The molecule has 1 rings (SSSR count). The smallest absolute Gasteiger partial charge is 0.123 e. The van der Waals surface area contributed by atoms with Gasteiger partial charge < -0.3 is 4.74 Å². The first kappa shape index (κ1) is 13.3. The molecule has 0 heterocycles. The predicted octanol–water partition coefficient (Wildman–Crippen LogP) is 4.88. The lowest BCUT2D eigenvalue weighted by Gasteiger charge is -2.09. The second-order valence-corrected chi connectivity index (χ2v) is 4.81. The monoisotopic (exact) mass is 282 g/mol. The molecule has 88 valence electrons. The average Bonchev–Trinajstić information content (AvgIpc) is 2.28. The SMILES string of the molecule is C=CCCCCCOc1cc(Br)ccc1C. The van der Waals surface area contributed by atoms with Gasteiger partial charge in [0, 0.05) is 4.47 Å². The van der Waals surface area contributed by atoms with Gasteiger partial charge >= 0.3 is 0 Å². The van der Waals surface area contributed by atoms with Crippen molar-refractivity contribution in [2.75, 3.05) is 6.61 Å². The third-order valence-electron chi connectivity index (χ3n) is 2.46. The number of aryl methyl sites for hydroxylation is 1. The van der Waals surface area contributed by atoms with Gasteiger partial charge in [-0.2, -0.15) is 0 Å². The Hall–Kier alpha value is -0.760. The van der Waals surface area contributed by atoms with Crippen LogP contribution in [0.2, 0.25) is 0 Å². The van der Waals surface area contributed by atoms with Gasteiger partial charge in [0.15, 0.2) is 0 Å². The van der Waals surface area contributed by atoms with Gasteiger partial charge in [-0.1, -0.05) is 28.1 Å². The Morgan fingerprint density at radius 1 is 1.31 bits per heavy atom. The second kappa shape index (κ2) is 7.50. The highest BCUT2D eigenvalue weighted by molar-refractivity contribution is 9.10. The molecule has 0 aliphatic carbocycles. The Labute approximate surface area is 107 Å². The van der Waals surface area contributed by atoms with Crippen LogP contribution in [-0.2, 0) is 0 Å². The molecule has 2 heteroatoms. The Morgan fingerprint density at radius 3 is 2.88 bits per heavy atom. The van der Waals surface area contributed by atoms with E-state index in [1.165, 1.54) is 18.4 Å². The summed E-state index contributed by atoms with van der Waals surface area (Å²) in [5, 5.41) is 0. The van der Waals surface area contributed by atoms with E-state index >= 15 is 0 Å². The van der Waals surface area contributed by atoms with Crippen molar-refractivity contribution in [1.29, 1.82) is 0 Å². The summed E-state index contributed by atoms with van der Waals surface area (Å²) in [6.45, 7) is 6.58. The van der Waals surface area contributed by atoms with Crippen LogP contribution in [0.15, 0.2) is 35.3 Å². The number of rotatable bonds is 7. The zero-order valence-corrected chi connectivity index (χ0v) is 11.4. The maximum absolute atomic E-state index is 5.74. The molecule has 0 aromatic heterocycles. The molecule has 0 bridgehead atoms. The molecule has 0 fully saturated rings. The van der Waals surface area contributed by atoms with Crippen LogP contribution in [0.3, 0.4) is 0 Å². The minimum absolute atomic E-state index is 0.800. The largest absolute Gasteiger partial charge is 0.493 e. The van der Waals surface area contributed by atoms with Crippen LogP contribution in [0.4, 0.5) is 0 Å². The van der Waals surface area contributed by atoms with Crippen LogP contribution in [-0.4, -0.2) is 6.61 Å². The fourth-order valence-corrected chi connectivity index (χ4v) is 1.82. The zero-order chi connectivity index (χ0) is 11.8. The number of hydrogen-bond acceptors (Lipinski definition) is 1. The third-order valence-corrected chi connectivity index (χ3v) is 2.95. The summed E-state index contributed by atoms with van der Waals surface area (Å²) in [6, 6.07) is 6.13. The molecule has 0 saturated carbocycles. The van der Waals surface area contributed by atoms with Crippen molar-refractivity contribution in [3.8, 4) is 5.75 Å². The first-order valence-corrected chi connectivity index (χ1v) is 6.53. The van der Waals surface area contributed by atoms with Gasteiger partial charge in [0.05, 0.1) is 6.61 Å². The van der Waals surface area contributed by atoms with Crippen LogP contribution < -0.4 is 4.74 Å².